The van der Waals surface area contributed by atoms with Crippen molar-refractivity contribution in [1.29, 1.82) is 0 Å². The molecule has 2 unspecified atom stereocenters. The van der Waals surface area contributed by atoms with Crippen LogP contribution in [0, 0.1) is 0 Å². The van der Waals surface area contributed by atoms with Gasteiger partial charge in [-0.2, -0.15) is 0 Å². The molecule has 0 spiro atoms. The maximum absolute atomic E-state index is 10.1. The molecule has 0 bridgehead atoms. The van der Waals surface area contributed by atoms with E-state index in [4.69, 9.17) is 14.2 Å². The summed E-state index contributed by atoms with van der Waals surface area (Å²) in [5, 5.41) is 13.3. The Morgan fingerprint density at radius 1 is 1.17 bits per heavy atom. The summed E-state index contributed by atoms with van der Waals surface area (Å²) in [4.78, 5) is 0. The molecule has 0 radical (unpaired) electrons. The van der Waals surface area contributed by atoms with Gasteiger partial charge in [0.15, 0.2) is 0 Å². The van der Waals surface area contributed by atoms with Gasteiger partial charge < -0.3 is 24.6 Å². The predicted molar refractivity (Wildman–Crippen MR) is 92.5 cm³/mol. The number of benzene rings is 1. The topological polar surface area (TPSA) is 60.0 Å². The van der Waals surface area contributed by atoms with Gasteiger partial charge in [-0.05, 0) is 30.5 Å². The van der Waals surface area contributed by atoms with Gasteiger partial charge in [0, 0.05) is 25.3 Å². The molecule has 0 aromatic heterocycles. The largest absolute Gasteiger partial charge is 0.497 e. The van der Waals surface area contributed by atoms with Crippen molar-refractivity contribution in [2.75, 3.05) is 34.0 Å². The first-order valence-corrected chi connectivity index (χ1v) is 7.99. The van der Waals surface area contributed by atoms with E-state index >= 15 is 0 Å². The molecule has 5 nitrogen and oxygen atoms in total. The molecular weight excluding hydrogens is 294 g/mol. The summed E-state index contributed by atoms with van der Waals surface area (Å²) in [6.07, 6.45) is -0.579. The second-order valence-electron chi connectivity index (χ2n) is 6.84. The Kier molecular flexibility index (Phi) is 7.82. The van der Waals surface area contributed by atoms with Crippen molar-refractivity contribution in [3.05, 3.63) is 23.8 Å². The normalized spacial score (nSPS) is 14.4. The summed E-state index contributed by atoms with van der Waals surface area (Å²) < 4.78 is 16.2. The standard InChI is InChI=1S/C18H31NO4/c1-13(11-21-5)19-10-14(20)12-23-17-8-7-15(22-6)9-16(17)18(2,3)4/h7-9,13-14,19-20H,10-12H2,1-6H3. The van der Waals surface area contributed by atoms with E-state index in [1.807, 2.05) is 25.1 Å². The molecular formula is C18H31NO4. The average Bonchev–Trinajstić information content (AvgIpc) is 2.50. The summed E-state index contributed by atoms with van der Waals surface area (Å²) >= 11 is 0. The van der Waals surface area contributed by atoms with E-state index in [0.717, 1.165) is 17.1 Å². The molecule has 2 atom stereocenters. The maximum Gasteiger partial charge on any atom is 0.123 e. The van der Waals surface area contributed by atoms with E-state index in [1.54, 1.807) is 14.2 Å². The van der Waals surface area contributed by atoms with Crippen molar-refractivity contribution in [2.45, 2.75) is 45.3 Å². The van der Waals surface area contributed by atoms with Crippen LogP contribution in [0.4, 0.5) is 0 Å². The summed E-state index contributed by atoms with van der Waals surface area (Å²) in [5.74, 6) is 1.58. The van der Waals surface area contributed by atoms with Crippen LogP contribution < -0.4 is 14.8 Å². The molecule has 23 heavy (non-hydrogen) atoms. The third-order valence-electron chi connectivity index (χ3n) is 3.54. The minimum atomic E-state index is -0.579. The number of methoxy groups -OCH3 is 2. The van der Waals surface area contributed by atoms with Crippen molar-refractivity contribution in [3.63, 3.8) is 0 Å². The highest BCUT2D eigenvalue weighted by Crippen LogP contribution is 2.34. The fraction of sp³-hybridized carbons (Fsp3) is 0.667. The SMILES string of the molecule is COCC(C)NCC(O)COc1ccc(OC)cc1C(C)(C)C. The third-order valence-corrected chi connectivity index (χ3v) is 3.54. The number of aliphatic hydroxyl groups excluding tert-OH is 1. The molecule has 0 aliphatic carbocycles. The summed E-state index contributed by atoms with van der Waals surface area (Å²) in [6.45, 7) is 9.70. The van der Waals surface area contributed by atoms with E-state index in [9.17, 15) is 5.11 Å². The smallest absolute Gasteiger partial charge is 0.123 e. The molecule has 0 saturated heterocycles. The minimum Gasteiger partial charge on any atom is -0.497 e. The number of hydrogen-bond donors (Lipinski definition) is 2. The maximum atomic E-state index is 10.1. The van der Waals surface area contributed by atoms with Gasteiger partial charge >= 0.3 is 0 Å². The van der Waals surface area contributed by atoms with Gasteiger partial charge in [0.1, 0.15) is 24.2 Å². The van der Waals surface area contributed by atoms with Gasteiger partial charge in [0.25, 0.3) is 0 Å². The van der Waals surface area contributed by atoms with Gasteiger partial charge in [-0.15, -0.1) is 0 Å². The number of hydrogen-bond acceptors (Lipinski definition) is 5. The summed E-state index contributed by atoms with van der Waals surface area (Å²) in [6, 6.07) is 5.95. The van der Waals surface area contributed by atoms with E-state index < -0.39 is 6.10 Å². The Balaban J connectivity index is 2.63. The highest BCUT2D eigenvalue weighted by Gasteiger charge is 2.20. The first-order valence-electron chi connectivity index (χ1n) is 7.99. The highest BCUT2D eigenvalue weighted by molar-refractivity contribution is 5.44. The Labute approximate surface area is 139 Å². The van der Waals surface area contributed by atoms with E-state index in [-0.39, 0.29) is 18.1 Å². The molecule has 132 valence electrons. The lowest BCUT2D eigenvalue weighted by Gasteiger charge is -2.24. The van der Waals surface area contributed by atoms with Gasteiger partial charge in [-0.1, -0.05) is 20.8 Å². The molecule has 0 amide bonds. The molecule has 0 aliphatic heterocycles. The van der Waals surface area contributed by atoms with Crippen LogP contribution in [0.5, 0.6) is 11.5 Å². The fourth-order valence-corrected chi connectivity index (χ4v) is 2.24. The summed E-state index contributed by atoms with van der Waals surface area (Å²) in [7, 11) is 3.31. The second kappa shape index (κ2) is 9.11. The number of aliphatic hydroxyl groups is 1. The average molecular weight is 325 g/mol. The van der Waals surface area contributed by atoms with Crippen LogP contribution in [-0.4, -0.2) is 51.2 Å². The zero-order valence-electron chi connectivity index (χ0n) is 15.2. The van der Waals surface area contributed by atoms with Gasteiger partial charge in [0.2, 0.25) is 0 Å². The lowest BCUT2D eigenvalue weighted by molar-refractivity contribution is 0.0964. The minimum absolute atomic E-state index is 0.0694. The molecule has 1 rings (SSSR count). The van der Waals surface area contributed by atoms with Crippen molar-refractivity contribution in [2.24, 2.45) is 0 Å². The van der Waals surface area contributed by atoms with Crippen LogP contribution in [-0.2, 0) is 10.2 Å². The van der Waals surface area contributed by atoms with Crippen LogP contribution >= 0.6 is 0 Å². The second-order valence-corrected chi connectivity index (χ2v) is 6.84. The Morgan fingerprint density at radius 3 is 2.43 bits per heavy atom. The zero-order valence-corrected chi connectivity index (χ0v) is 15.2. The molecule has 2 N–H and O–H groups in total. The van der Waals surface area contributed by atoms with E-state index in [2.05, 4.69) is 26.1 Å². The molecule has 0 heterocycles. The van der Waals surface area contributed by atoms with Crippen LogP contribution in [0.15, 0.2) is 18.2 Å². The zero-order chi connectivity index (χ0) is 17.5. The first-order chi connectivity index (χ1) is 10.8. The van der Waals surface area contributed by atoms with Crippen LogP contribution in [0.25, 0.3) is 0 Å². The van der Waals surface area contributed by atoms with Crippen molar-refractivity contribution < 1.29 is 19.3 Å². The van der Waals surface area contributed by atoms with Crippen molar-refractivity contribution in [1.82, 2.24) is 5.32 Å². The number of nitrogens with one attached hydrogen (secondary N) is 1. The van der Waals surface area contributed by atoms with Crippen LogP contribution in [0.1, 0.15) is 33.3 Å². The molecule has 0 saturated carbocycles. The lowest BCUT2D eigenvalue weighted by atomic mass is 9.86. The van der Waals surface area contributed by atoms with E-state index in [0.29, 0.717) is 13.2 Å². The first kappa shape index (κ1) is 19.7. The van der Waals surface area contributed by atoms with Crippen LogP contribution in [0.2, 0.25) is 0 Å². The fourth-order valence-electron chi connectivity index (χ4n) is 2.24. The number of ether oxygens (including phenoxy) is 3. The predicted octanol–water partition coefficient (Wildman–Crippen LogP) is 2.36. The van der Waals surface area contributed by atoms with Crippen LogP contribution in [0.3, 0.4) is 0 Å². The lowest BCUT2D eigenvalue weighted by Crippen LogP contribution is -2.38. The monoisotopic (exact) mass is 325 g/mol. The third kappa shape index (κ3) is 6.77. The molecule has 1 aromatic carbocycles. The Bertz CT molecular complexity index is 471. The molecule has 0 fully saturated rings. The molecule has 5 heteroatoms. The molecule has 1 aromatic rings. The van der Waals surface area contributed by atoms with Gasteiger partial charge in [0.05, 0.1) is 13.7 Å². The van der Waals surface area contributed by atoms with Crippen molar-refractivity contribution >= 4 is 0 Å². The summed E-state index contributed by atoms with van der Waals surface area (Å²) in [5.41, 5.74) is 0.991. The quantitative estimate of drug-likeness (QED) is 0.730. The number of rotatable bonds is 9. The Morgan fingerprint density at radius 2 is 1.87 bits per heavy atom. The van der Waals surface area contributed by atoms with Crippen molar-refractivity contribution in [3.8, 4) is 11.5 Å². The van der Waals surface area contributed by atoms with Gasteiger partial charge in [-0.3, -0.25) is 0 Å². The Hall–Kier alpha value is -1.30. The highest BCUT2D eigenvalue weighted by atomic mass is 16.5. The molecule has 0 aliphatic rings. The van der Waals surface area contributed by atoms with E-state index in [1.165, 1.54) is 0 Å². The van der Waals surface area contributed by atoms with Gasteiger partial charge in [-0.25, -0.2) is 0 Å².